The standard InChI is InChI=1S/C18H19N3O/c1-3-21-16-11-7-6-10-15(16)20-17(21)12-19-18(22)14-9-5-4-8-13(14)2/h4-11H,3,12H2,1-2H3,(H,19,22). The molecule has 0 saturated carbocycles. The summed E-state index contributed by atoms with van der Waals surface area (Å²) >= 11 is 0. The number of nitrogens with zero attached hydrogens (tertiary/aromatic N) is 2. The predicted octanol–water partition coefficient (Wildman–Crippen LogP) is 3.29. The number of aryl methyl sites for hydroxylation is 2. The molecule has 1 N–H and O–H groups in total. The Morgan fingerprint density at radius 1 is 1.14 bits per heavy atom. The zero-order chi connectivity index (χ0) is 15.5. The molecule has 0 atom stereocenters. The maximum Gasteiger partial charge on any atom is 0.251 e. The Hall–Kier alpha value is -2.62. The minimum Gasteiger partial charge on any atom is -0.345 e. The minimum atomic E-state index is -0.0622. The number of para-hydroxylation sites is 2. The molecule has 112 valence electrons. The summed E-state index contributed by atoms with van der Waals surface area (Å²) in [6.07, 6.45) is 0. The Bertz CT molecular complexity index is 820. The first-order chi connectivity index (χ1) is 10.7. The van der Waals surface area contributed by atoms with E-state index in [9.17, 15) is 4.79 Å². The number of amides is 1. The molecule has 0 unspecified atom stereocenters. The number of benzene rings is 2. The lowest BCUT2D eigenvalue weighted by atomic mass is 10.1. The molecule has 0 radical (unpaired) electrons. The molecular weight excluding hydrogens is 274 g/mol. The maximum atomic E-state index is 12.3. The van der Waals surface area contributed by atoms with E-state index in [1.807, 2.05) is 49.4 Å². The van der Waals surface area contributed by atoms with Gasteiger partial charge in [0.2, 0.25) is 0 Å². The van der Waals surface area contributed by atoms with Gasteiger partial charge < -0.3 is 9.88 Å². The third kappa shape index (κ3) is 2.60. The average Bonchev–Trinajstić information content (AvgIpc) is 2.90. The van der Waals surface area contributed by atoms with E-state index in [0.717, 1.165) is 29.0 Å². The highest BCUT2D eigenvalue weighted by atomic mass is 16.1. The second-order valence-electron chi connectivity index (χ2n) is 5.26. The molecule has 22 heavy (non-hydrogen) atoms. The highest BCUT2D eigenvalue weighted by Gasteiger charge is 2.12. The van der Waals surface area contributed by atoms with Gasteiger partial charge in [-0.3, -0.25) is 4.79 Å². The number of rotatable bonds is 4. The van der Waals surface area contributed by atoms with Crippen LogP contribution >= 0.6 is 0 Å². The van der Waals surface area contributed by atoms with Crippen molar-refractivity contribution in [3.8, 4) is 0 Å². The SMILES string of the molecule is CCn1c(CNC(=O)c2ccccc2C)nc2ccccc21. The van der Waals surface area contributed by atoms with Crippen LogP contribution in [0.25, 0.3) is 11.0 Å². The summed E-state index contributed by atoms with van der Waals surface area (Å²) in [6.45, 7) is 5.28. The van der Waals surface area contributed by atoms with Crippen LogP contribution in [-0.4, -0.2) is 15.5 Å². The predicted molar refractivity (Wildman–Crippen MR) is 87.8 cm³/mol. The second kappa shape index (κ2) is 6.02. The third-order valence-electron chi connectivity index (χ3n) is 3.85. The van der Waals surface area contributed by atoms with E-state index in [2.05, 4.69) is 27.9 Å². The van der Waals surface area contributed by atoms with Crippen molar-refractivity contribution in [2.45, 2.75) is 26.9 Å². The van der Waals surface area contributed by atoms with Crippen molar-refractivity contribution in [1.29, 1.82) is 0 Å². The molecule has 0 fully saturated rings. The molecular formula is C18H19N3O. The van der Waals surface area contributed by atoms with Crippen LogP contribution in [0.4, 0.5) is 0 Å². The number of hydrogen-bond donors (Lipinski definition) is 1. The number of hydrogen-bond acceptors (Lipinski definition) is 2. The highest BCUT2D eigenvalue weighted by Crippen LogP contribution is 2.16. The molecule has 1 heterocycles. The Balaban J connectivity index is 1.82. The Kier molecular flexibility index (Phi) is 3.92. The van der Waals surface area contributed by atoms with Crippen LogP contribution < -0.4 is 5.32 Å². The van der Waals surface area contributed by atoms with Crippen LogP contribution in [0.2, 0.25) is 0 Å². The Morgan fingerprint density at radius 3 is 2.64 bits per heavy atom. The van der Waals surface area contributed by atoms with Gasteiger partial charge in [-0.15, -0.1) is 0 Å². The summed E-state index contributed by atoms with van der Waals surface area (Å²) in [5.74, 6) is 0.818. The van der Waals surface area contributed by atoms with Crippen LogP contribution in [0.1, 0.15) is 28.7 Å². The normalized spacial score (nSPS) is 10.8. The van der Waals surface area contributed by atoms with E-state index in [1.54, 1.807) is 0 Å². The minimum absolute atomic E-state index is 0.0622. The van der Waals surface area contributed by atoms with Crippen molar-refractivity contribution in [3.05, 3.63) is 65.5 Å². The summed E-state index contributed by atoms with van der Waals surface area (Å²) in [7, 11) is 0. The molecule has 4 heteroatoms. The summed E-state index contributed by atoms with van der Waals surface area (Å²) < 4.78 is 2.13. The van der Waals surface area contributed by atoms with E-state index in [0.29, 0.717) is 12.1 Å². The van der Waals surface area contributed by atoms with E-state index in [-0.39, 0.29) is 5.91 Å². The first kappa shape index (κ1) is 14.3. The summed E-state index contributed by atoms with van der Waals surface area (Å²) in [4.78, 5) is 16.9. The van der Waals surface area contributed by atoms with Crippen molar-refractivity contribution in [2.24, 2.45) is 0 Å². The number of carbonyl (C=O) groups is 1. The number of nitrogens with one attached hydrogen (secondary N) is 1. The lowest BCUT2D eigenvalue weighted by Gasteiger charge is -2.09. The number of fused-ring (bicyclic) bond motifs is 1. The van der Waals surface area contributed by atoms with Gasteiger partial charge in [0.25, 0.3) is 5.91 Å². The maximum absolute atomic E-state index is 12.3. The van der Waals surface area contributed by atoms with Crippen LogP contribution in [0, 0.1) is 6.92 Å². The van der Waals surface area contributed by atoms with Gasteiger partial charge in [0.1, 0.15) is 5.82 Å². The molecule has 1 amide bonds. The summed E-state index contributed by atoms with van der Waals surface area (Å²) in [6, 6.07) is 15.6. The second-order valence-corrected chi connectivity index (χ2v) is 5.26. The monoisotopic (exact) mass is 293 g/mol. The average molecular weight is 293 g/mol. The fourth-order valence-corrected chi connectivity index (χ4v) is 2.70. The molecule has 1 aromatic heterocycles. The molecule has 3 rings (SSSR count). The van der Waals surface area contributed by atoms with Crippen molar-refractivity contribution in [2.75, 3.05) is 0 Å². The highest BCUT2D eigenvalue weighted by molar-refractivity contribution is 5.95. The largest absolute Gasteiger partial charge is 0.345 e. The van der Waals surface area contributed by atoms with Gasteiger partial charge >= 0.3 is 0 Å². The molecule has 0 spiro atoms. The quantitative estimate of drug-likeness (QED) is 0.802. The van der Waals surface area contributed by atoms with E-state index in [1.165, 1.54) is 0 Å². The van der Waals surface area contributed by atoms with Crippen molar-refractivity contribution >= 4 is 16.9 Å². The van der Waals surface area contributed by atoms with Gasteiger partial charge in [-0.2, -0.15) is 0 Å². The van der Waals surface area contributed by atoms with Crippen molar-refractivity contribution < 1.29 is 4.79 Å². The lowest BCUT2D eigenvalue weighted by Crippen LogP contribution is -2.25. The molecule has 0 aliphatic heterocycles. The van der Waals surface area contributed by atoms with Crippen molar-refractivity contribution in [1.82, 2.24) is 14.9 Å². The summed E-state index contributed by atoms with van der Waals surface area (Å²) in [5, 5.41) is 2.97. The topological polar surface area (TPSA) is 46.9 Å². The molecule has 0 bridgehead atoms. The van der Waals surface area contributed by atoms with Gasteiger partial charge in [-0.1, -0.05) is 30.3 Å². The van der Waals surface area contributed by atoms with Crippen molar-refractivity contribution in [3.63, 3.8) is 0 Å². The van der Waals surface area contributed by atoms with Gasteiger partial charge in [-0.25, -0.2) is 4.98 Å². The van der Waals surface area contributed by atoms with Gasteiger partial charge in [0.05, 0.1) is 17.6 Å². The van der Waals surface area contributed by atoms with Crippen LogP contribution in [0.3, 0.4) is 0 Å². The Morgan fingerprint density at radius 2 is 1.86 bits per heavy atom. The van der Waals surface area contributed by atoms with E-state index < -0.39 is 0 Å². The van der Waals surface area contributed by atoms with Crippen LogP contribution in [0.5, 0.6) is 0 Å². The van der Waals surface area contributed by atoms with Crippen LogP contribution in [-0.2, 0) is 13.1 Å². The molecule has 0 aliphatic rings. The van der Waals surface area contributed by atoms with Crippen LogP contribution in [0.15, 0.2) is 48.5 Å². The molecule has 4 nitrogen and oxygen atoms in total. The Labute approximate surface area is 129 Å². The molecule has 0 aliphatic carbocycles. The zero-order valence-electron chi connectivity index (χ0n) is 12.8. The summed E-state index contributed by atoms with van der Waals surface area (Å²) in [5.41, 5.74) is 3.75. The van der Waals surface area contributed by atoms with Gasteiger partial charge in [-0.05, 0) is 37.6 Å². The van der Waals surface area contributed by atoms with Gasteiger partial charge in [0, 0.05) is 12.1 Å². The number of carbonyl (C=O) groups excluding carboxylic acids is 1. The molecule has 0 saturated heterocycles. The molecule has 2 aromatic carbocycles. The molecule has 3 aromatic rings. The fraction of sp³-hybridized carbons (Fsp3) is 0.222. The van der Waals surface area contributed by atoms with E-state index in [4.69, 9.17) is 0 Å². The number of imidazole rings is 1. The first-order valence-electron chi connectivity index (χ1n) is 7.48. The zero-order valence-corrected chi connectivity index (χ0v) is 12.8. The fourth-order valence-electron chi connectivity index (χ4n) is 2.70. The van der Waals surface area contributed by atoms with E-state index >= 15 is 0 Å². The first-order valence-corrected chi connectivity index (χ1v) is 7.48. The lowest BCUT2D eigenvalue weighted by molar-refractivity contribution is 0.0949. The third-order valence-corrected chi connectivity index (χ3v) is 3.85. The smallest absolute Gasteiger partial charge is 0.251 e. The number of aromatic nitrogens is 2. The van der Waals surface area contributed by atoms with Gasteiger partial charge in [0.15, 0.2) is 0 Å².